The van der Waals surface area contributed by atoms with Crippen molar-refractivity contribution >= 4 is 28.4 Å². The third kappa shape index (κ3) is 3.61. The number of nitrogens with one attached hydrogen (secondary N) is 1. The Labute approximate surface area is 198 Å². The number of carbonyl (C=O) groups excluding carboxylic acids is 2. The van der Waals surface area contributed by atoms with Crippen LogP contribution in [-0.2, 0) is 18.3 Å². The van der Waals surface area contributed by atoms with Gasteiger partial charge in [0.15, 0.2) is 0 Å². The molecule has 3 aromatic carbocycles. The highest BCUT2D eigenvalue weighted by molar-refractivity contribution is 6.08. The lowest BCUT2D eigenvalue weighted by atomic mass is 9.98. The van der Waals surface area contributed by atoms with E-state index in [-0.39, 0.29) is 24.4 Å². The van der Waals surface area contributed by atoms with Crippen LogP contribution in [0, 0.1) is 0 Å². The maximum absolute atomic E-state index is 13.7. The molecular formula is C28H27N3O3. The number of para-hydroxylation sites is 1. The van der Waals surface area contributed by atoms with Crippen LogP contribution in [0.5, 0.6) is 5.75 Å². The van der Waals surface area contributed by atoms with Crippen LogP contribution in [0.1, 0.15) is 40.1 Å². The predicted octanol–water partition coefficient (Wildman–Crippen LogP) is 4.93. The largest absolute Gasteiger partial charge is 0.497 e. The van der Waals surface area contributed by atoms with Crippen LogP contribution in [0.15, 0.2) is 72.8 Å². The van der Waals surface area contributed by atoms with Gasteiger partial charge in [0.05, 0.1) is 13.2 Å². The van der Waals surface area contributed by atoms with Crippen molar-refractivity contribution in [2.45, 2.75) is 19.4 Å². The third-order valence-electron chi connectivity index (χ3n) is 6.56. The molecule has 0 bridgehead atoms. The molecule has 34 heavy (non-hydrogen) atoms. The van der Waals surface area contributed by atoms with Crippen molar-refractivity contribution < 1.29 is 14.3 Å². The van der Waals surface area contributed by atoms with E-state index in [1.54, 1.807) is 12.0 Å². The van der Waals surface area contributed by atoms with E-state index in [4.69, 9.17) is 4.74 Å². The minimum atomic E-state index is -0.368. The number of hydrogen-bond acceptors (Lipinski definition) is 3. The van der Waals surface area contributed by atoms with Crippen molar-refractivity contribution in [1.82, 2.24) is 9.47 Å². The molecule has 1 N–H and O–H groups in total. The van der Waals surface area contributed by atoms with E-state index in [9.17, 15) is 9.59 Å². The highest BCUT2D eigenvalue weighted by Gasteiger charge is 2.42. The van der Waals surface area contributed by atoms with Gasteiger partial charge in [0.2, 0.25) is 5.91 Å². The summed E-state index contributed by atoms with van der Waals surface area (Å²) in [7, 11) is 3.53. The van der Waals surface area contributed by atoms with E-state index in [0.29, 0.717) is 5.69 Å². The molecule has 4 aromatic rings. The SMILES string of the molecule is CCc1cccc(NC(=O)CN2C(=O)c3c(c4ccccc4n3C)[C@@H]2c2ccc(OC)cc2)c1. The number of carbonyl (C=O) groups is 2. The molecule has 0 aliphatic carbocycles. The number of aromatic nitrogens is 1. The van der Waals surface area contributed by atoms with Gasteiger partial charge in [-0.3, -0.25) is 9.59 Å². The Morgan fingerprint density at radius 1 is 1.03 bits per heavy atom. The second-order valence-electron chi connectivity index (χ2n) is 8.55. The van der Waals surface area contributed by atoms with Gasteiger partial charge in [-0.1, -0.05) is 49.4 Å². The molecule has 0 saturated carbocycles. The van der Waals surface area contributed by atoms with Gasteiger partial charge in [0, 0.05) is 29.2 Å². The van der Waals surface area contributed by atoms with Gasteiger partial charge >= 0.3 is 0 Å². The van der Waals surface area contributed by atoms with E-state index in [2.05, 4.69) is 12.2 Å². The van der Waals surface area contributed by atoms with Crippen molar-refractivity contribution in [1.29, 1.82) is 0 Å². The maximum atomic E-state index is 13.7. The van der Waals surface area contributed by atoms with Crippen molar-refractivity contribution in [3.8, 4) is 5.75 Å². The van der Waals surface area contributed by atoms with Crippen LogP contribution in [0.2, 0.25) is 0 Å². The van der Waals surface area contributed by atoms with Crippen molar-refractivity contribution in [3.63, 3.8) is 0 Å². The van der Waals surface area contributed by atoms with E-state index in [1.165, 1.54) is 0 Å². The lowest BCUT2D eigenvalue weighted by molar-refractivity contribution is -0.117. The Morgan fingerprint density at radius 2 is 1.79 bits per heavy atom. The summed E-state index contributed by atoms with van der Waals surface area (Å²) < 4.78 is 7.26. The zero-order chi connectivity index (χ0) is 23.8. The van der Waals surface area contributed by atoms with Crippen LogP contribution < -0.4 is 10.1 Å². The van der Waals surface area contributed by atoms with Gasteiger partial charge in [-0.05, 0) is 47.9 Å². The molecule has 1 aliphatic rings. The smallest absolute Gasteiger partial charge is 0.272 e. The summed E-state index contributed by atoms with van der Waals surface area (Å²) in [6, 6.07) is 23.1. The number of fused-ring (bicyclic) bond motifs is 3. The number of anilines is 1. The van der Waals surface area contributed by atoms with Gasteiger partial charge in [-0.25, -0.2) is 0 Å². The Balaban J connectivity index is 1.54. The average molecular weight is 454 g/mol. The summed E-state index contributed by atoms with van der Waals surface area (Å²) in [5, 5.41) is 3.99. The summed E-state index contributed by atoms with van der Waals surface area (Å²) >= 11 is 0. The normalized spacial score (nSPS) is 15.0. The molecule has 6 nitrogen and oxygen atoms in total. The summed E-state index contributed by atoms with van der Waals surface area (Å²) in [6.07, 6.45) is 0.885. The van der Waals surface area contributed by atoms with E-state index in [1.807, 2.05) is 84.4 Å². The lowest BCUT2D eigenvalue weighted by Gasteiger charge is -2.26. The first kappa shape index (κ1) is 21.8. The van der Waals surface area contributed by atoms with Crippen LogP contribution in [-0.4, -0.2) is 34.9 Å². The number of ether oxygens (including phenoxy) is 1. The summed E-state index contributed by atoms with van der Waals surface area (Å²) in [5.74, 6) is 0.371. The van der Waals surface area contributed by atoms with E-state index in [0.717, 1.165) is 45.5 Å². The van der Waals surface area contributed by atoms with Crippen molar-refractivity contribution in [3.05, 3.63) is 95.2 Å². The molecule has 0 unspecified atom stereocenters. The molecule has 6 heteroatoms. The van der Waals surface area contributed by atoms with Gasteiger partial charge < -0.3 is 19.5 Å². The second kappa shape index (κ2) is 8.71. The quantitative estimate of drug-likeness (QED) is 0.450. The Hall–Kier alpha value is -4.06. The third-order valence-corrected chi connectivity index (χ3v) is 6.56. The first-order chi connectivity index (χ1) is 16.5. The number of nitrogens with zero attached hydrogens (tertiary/aromatic N) is 2. The van der Waals surface area contributed by atoms with Gasteiger partial charge in [0.25, 0.3) is 5.91 Å². The average Bonchev–Trinajstić information content (AvgIpc) is 3.31. The topological polar surface area (TPSA) is 63.6 Å². The Kier molecular flexibility index (Phi) is 5.57. The number of hydrogen-bond donors (Lipinski definition) is 1. The first-order valence-corrected chi connectivity index (χ1v) is 11.4. The van der Waals surface area contributed by atoms with Crippen molar-refractivity contribution in [2.75, 3.05) is 19.0 Å². The predicted molar refractivity (Wildman–Crippen MR) is 133 cm³/mol. The van der Waals surface area contributed by atoms with Gasteiger partial charge in [0.1, 0.15) is 18.0 Å². The summed E-state index contributed by atoms with van der Waals surface area (Å²) in [4.78, 5) is 28.4. The van der Waals surface area contributed by atoms with Crippen LogP contribution in [0.4, 0.5) is 5.69 Å². The zero-order valence-corrected chi connectivity index (χ0v) is 19.5. The number of amides is 2. The molecule has 2 heterocycles. The van der Waals surface area contributed by atoms with Gasteiger partial charge in [-0.2, -0.15) is 0 Å². The number of aryl methyl sites for hydroxylation is 2. The summed E-state index contributed by atoms with van der Waals surface area (Å²) in [6.45, 7) is 2.03. The maximum Gasteiger partial charge on any atom is 0.272 e. The van der Waals surface area contributed by atoms with Crippen molar-refractivity contribution in [2.24, 2.45) is 7.05 Å². The lowest BCUT2D eigenvalue weighted by Crippen LogP contribution is -2.37. The van der Waals surface area contributed by atoms with Crippen LogP contribution in [0.25, 0.3) is 10.9 Å². The molecule has 5 rings (SSSR count). The molecule has 0 saturated heterocycles. The zero-order valence-electron chi connectivity index (χ0n) is 19.5. The van der Waals surface area contributed by atoms with Gasteiger partial charge in [-0.15, -0.1) is 0 Å². The Morgan fingerprint density at radius 3 is 2.53 bits per heavy atom. The fourth-order valence-electron chi connectivity index (χ4n) is 4.89. The van der Waals surface area contributed by atoms with E-state index >= 15 is 0 Å². The number of rotatable bonds is 6. The second-order valence-corrected chi connectivity index (χ2v) is 8.55. The molecule has 1 aromatic heterocycles. The molecule has 2 amide bonds. The minimum Gasteiger partial charge on any atom is -0.497 e. The number of methoxy groups -OCH3 is 1. The molecule has 172 valence electrons. The number of benzene rings is 3. The molecule has 1 aliphatic heterocycles. The fourth-order valence-corrected chi connectivity index (χ4v) is 4.89. The Bertz CT molecular complexity index is 1390. The molecular weight excluding hydrogens is 426 g/mol. The van der Waals surface area contributed by atoms with Crippen LogP contribution in [0.3, 0.4) is 0 Å². The summed E-state index contributed by atoms with van der Waals surface area (Å²) in [5.41, 5.74) is 5.38. The van der Waals surface area contributed by atoms with E-state index < -0.39 is 0 Å². The molecule has 0 radical (unpaired) electrons. The first-order valence-electron chi connectivity index (χ1n) is 11.4. The van der Waals surface area contributed by atoms with Crippen LogP contribution >= 0.6 is 0 Å². The monoisotopic (exact) mass is 453 g/mol. The minimum absolute atomic E-state index is 0.0467. The highest BCUT2D eigenvalue weighted by Crippen LogP contribution is 2.44. The standard InChI is InChI=1S/C28H27N3O3/c1-4-18-8-7-9-20(16-18)29-24(32)17-31-26(19-12-14-21(34-3)15-13-19)25-22-10-5-6-11-23(22)30(2)27(25)28(31)33/h5-16,26H,4,17H2,1-3H3,(H,29,32)/t26-/m0/s1. The fraction of sp³-hybridized carbons (Fsp3) is 0.214. The highest BCUT2D eigenvalue weighted by atomic mass is 16.5. The molecule has 0 spiro atoms. The molecule has 1 atom stereocenters. The molecule has 0 fully saturated rings.